The predicted octanol–water partition coefficient (Wildman–Crippen LogP) is 2.56. The topological polar surface area (TPSA) is 32.5 Å². The maximum atomic E-state index is 6.05. The number of hydrogen-bond acceptors (Lipinski definition) is 3. The van der Waals surface area contributed by atoms with Crippen molar-refractivity contribution >= 4 is 0 Å². The molecular weight excluding hydrogens is 222 g/mol. The van der Waals surface area contributed by atoms with E-state index in [1.165, 1.54) is 32.1 Å². The number of unbranched alkanes of at least 4 members (excludes halogenated alkanes) is 2. The summed E-state index contributed by atoms with van der Waals surface area (Å²) in [5, 5.41) is 0. The quantitative estimate of drug-likeness (QED) is 0.577. The molecule has 0 aromatic rings. The fraction of sp³-hybridized carbons (Fsp3) is 1.00. The standard InChI is InChI=1S/C15H35N3/c1-6-8-9-11-15(3,14-16)18(7-2)13-10-12-17(4)5/h6-14,16H2,1-5H3. The van der Waals surface area contributed by atoms with Gasteiger partial charge in [-0.25, -0.2) is 0 Å². The molecule has 0 heterocycles. The Kier molecular flexibility index (Phi) is 9.70. The molecule has 3 heteroatoms. The number of nitrogens with zero attached hydrogens (tertiary/aromatic N) is 2. The smallest absolute Gasteiger partial charge is 0.0303 e. The van der Waals surface area contributed by atoms with E-state index in [0.717, 1.165) is 26.2 Å². The highest BCUT2D eigenvalue weighted by Gasteiger charge is 2.28. The SMILES string of the molecule is CCCCCC(C)(CN)N(CC)CCCN(C)C. The van der Waals surface area contributed by atoms with Gasteiger partial charge in [-0.05, 0) is 53.5 Å². The minimum absolute atomic E-state index is 0.191. The van der Waals surface area contributed by atoms with Crippen LogP contribution in [0.2, 0.25) is 0 Å². The van der Waals surface area contributed by atoms with E-state index in [0.29, 0.717) is 0 Å². The van der Waals surface area contributed by atoms with E-state index in [2.05, 4.69) is 44.7 Å². The number of hydrogen-bond donors (Lipinski definition) is 1. The molecule has 1 atom stereocenters. The van der Waals surface area contributed by atoms with Crippen LogP contribution in [0.3, 0.4) is 0 Å². The van der Waals surface area contributed by atoms with Gasteiger partial charge in [0.1, 0.15) is 0 Å². The normalized spacial score (nSPS) is 15.3. The van der Waals surface area contributed by atoms with E-state index >= 15 is 0 Å². The second-order valence-electron chi connectivity index (χ2n) is 5.89. The molecular formula is C15H35N3. The van der Waals surface area contributed by atoms with Gasteiger partial charge in [0, 0.05) is 12.1 Å². The Morgan fingerprint density at radius 3 is 2.11 bits per heavy atom. The predicted molar refractivity (Wildman–Crippen MR) is 82.0 cm³/mol. The summed E-state index contributed by atoms with van der Waals surface area (Å²) in [4.78, 5) is 4.83. The van der Waals surface area contributed by atoms with Crippen molar-refractivity contribution in [2.24, 2.45) is 5.73 Å². The molecule has 0 aliphatic heterocycles. The van der Waals surface area contributed by atoms with Gasteiger partial charge in [-0.15, -0.1) is 0 Å². The Hall–Kier alpha value is -0.120. The Morgan fingerprint density at radius 2 is 1.67 bits per heavy atom. The first-order valence-electron chi connectivity index (χ1n) is 7.60. The second kappa shape index (κ2) is 9.76. The maximum Gasteiger partial charge on any atom is 0.0303 e. The summed E-state index contributed by atoms with van der Waals surface area (Å²) in [6, 6.07) is 0. The summed E-state index contributed by atoms with van der Waals surface area (Å²) >= 11 is 0. The molecule has 18 heavy (non-hydrogen) atoms. The van der Waals surface area contributed by atoms with Crippen molar-refractivity contribution in [1.29, 1.82) is 0 Å². The molecule has 0 fully saturated rings. The zero-order valence-electron chi connectivity index (χ0n) is 13.3. The minimum Gasteiger partial charge on any atom is -0.329 e. The lowest BCUT2D eigenvalue weighted by molar-refractivity contribution is 0.100. The van der Waals surface area contributed by atoms with Gasteiger partial charge in [0.05, 0.1) is 0 Å². The van der Waals surface area contributed by atoms with Crippen molar-refractivity contribution in [3.8, 4) is 0 Å². The van der Waals surface area contributed by atoms with Crippen LogP contribution in [0.4, 0.5) is 0 Å². The number of nitrogens with two attached hydrogens (primary N) is 1. The van der Waals surface area contributed by atoms with E-state index in [9.17, 15) is 0 Å². The molecule has 0 aliphatic carbocycles. The summed E-state index contributed by atoms with van der Waals surface area (Å²) in [6.07, 6.45) is 6.37. The molecule has 3 nitrogen and oxygen atoms in total. The van der Waals surface area contributed by atoms with Gasteiger partial charge in [-0.1, -0.05) is 33.1 Å². The van der Waals surface area contributed by atoms with Crippen LogP contribution in [-0.4, -0.2) is 55.6 Å². The fourth-order valence-electron chi connectivity index (χ4n) is 2.53. The highest BCUT2D eigenvalue weighted by atomic mass is 15.2. The molecule has 0 rings (SSSR count). The highest BCUT2D eigenvalue weighted by molar-refractivity contribution is 4.86. The first-order valence-corrected chi connectivity index (χ1v) is 7.60. The van der Waals surface area contributed by atoms with E-state index in [1.807, 2.05) is 0 Å². The third kappa shape index (κ3) is 6.72. The van der Waals surface area contributed by atoms with E-state index < -0.39 is 0 Å². The van der Waals surface area contributed by atoms with Crippen LogP contribution in [0.25, 0.3) is 0 Å². The molecule has 0 saturated carbocycles. The second-order valence-corrected chi connectivity index (χ2v) is 5.89. The monoisotopic (exact) mass is 257 g/mol. The Bertz CT molecular complexity index is 194. The summed E-state index contributed by atoms with van der Waals surface area (Å²) in [6.45, 7) is 11.0. The van der Waals surface area contributed by atoms with Crippen LogP contribution in [-0.2, 0) is 0 Å². The van der Waals surface area contributed by atoms with Gasteiger partial charge in [0.25, 0.3) is 0 Å². The molecule has 0 radical (unpaired) electrons. The zero-order valence-corrected chi connectivity index (χ0v) is 13.3. The third-order valence-electron chi connectivity index (χ3n) is 3.94. The lowest BCUT2D eigenvalue weighted by atomic mass is 9.92. The van der Waals surface area contributed by atoms with Gasteiger partial charge >= 0.3 is 0 Å². The lowest BCUT2D eigenvalue weighted by Crippen LogP contribution is -2.52. The highest BCUT2D eigenvalue weighted by Crippen LogP contribution is 2.21. The molecule has 0 aliphatic rings. The van der Waals surface area contributed by atoms with E-state index in [4.69, 9.17) is 5.73 Å². The Morgan fingerprint density at radius 1 is 1.00 bits per heavy atom. The number of likely N-dealkylation sites (N-methyl/N-ethyl adjacent to an activating group) is 1. The Balaban J connectivity index is 4.25. The minimum atomic E-state index is 0.191. The summed E-state index contributed by atoms with van der Waals surface area (Å²) < 4.78 is 0. The van der Waals surface area contributed by atoms with Gasteiger partial charge < -0.3 is 10.6 Å². The molecule has 2 N–H and O–H groups in total. The number of rotatable bonds is 11. The maximum absolute atomic E-state index is 6.05. The van der Waals surface area contributed by atoms with Gasteiger partial charge in [-0.2, -0.15) is 0 Å². The summed E-state index contributed by atoms with van der Waals surface area (Å²) in [5.74, 6) is 0. The molecule has 110 valence electrons. The fourth-order valence-corrected chi connectivity index (χ4v) is 2.53. The Labute approximate surface area is 115 Å². The van der Waals surface area contributed by atoms with Crippen molar-refractivity contribution in [1.82, 2.24) is 9.80 Å². The van der Waals surface area contributed by atoms with Crippen LogP contribution in [0, 0.1) is 0 Å². The molecule has 1 unspecified atom stereocenters. The molecule has 0 aromatic carbocycles. The summed E-state index contributed by atoms with van der Waals surface area (Å²) in [7, 11) is 4.28. The summed E-state index contributed by atoms with van der Waals surface area (Å²) in [5.41, 5.74) is 6.24. The van der Waals surface area contributed by atoms with Gasteiger partial charge in [0.2, 0.25) is 0 Å². The van der Waals surface area contributed by atoms with Crippen molar-refractivity contribution in [2.75, 3.05) is 40.3 Å². The van der Waals surface area contributed by atoms with Crippen LogP contribution in [0.5, 0.6) is 0 Å². The van der Waals surface area contributed by atoms with Crippen LogP contribution < -0.4 is 5.73 Å². The molecule has 0 amide bonds. The van der Waals surface area contributed by atoms with Crippen LogP contribution in [0.1, 0.15) is 52.9 Å². The van der Waals surface area contributed by atoms with Gasteiger partial charge in [-0.3, -0.25) is 4.90 Å². The third-order valence-corrected chi connectivity index (χ3v) is 3.94. The van der Waals surface area contributed by atoms with Gasteiger partial charge in [0.15, 0.2) is 0 Å². The average Bonchev–Trinajstić information content (AvgIpc) is 2.34. The lowest BCUT2D eigenvalue weighted by Gasteiger charge is -2.40. The van der Waals surface area contributed by atoms with Crippen LogP contribution >= 0.6 is 0 Å². The molecule has 0 spiro atoms. The van der Waals surface area contributed by atoms with E-state index in [-0.39, 0.29) is 5.54 Å². The molecule has 0 aromatic heterocycles. The average molecular weight is 257 g/mol. The van der Waals surface area contributed by atoms with Crippen molar-refractivity contribution in [2.45, 2.75) is 58.4 Å². The first-order chi connectivity index (χ1) is 8.50. The molecule has 0 saturated heterocycles. The first kappa shape index (κ1) is 17.9. The van der Waals surface area contributed by atoms with E-state index in [1.54, 1.807) is 0 Å². The van der Waals surface area contributed by atoms with Crippen molar-refractivity contribution in [3.63, 3.8) is 0 Å². The van der Waals surface area contributed by atoms with Crippen molar-refractivity contribution < 1.29 is 0 Å². The molecule has 0 bridgehead atoms. The largest absolute Gasteiger partial charge is 0.329 e. The zero-order chi connectivity index (χ0) is 14.0. The van der Waals surface area contributed by atoms with Crippen LogP contribution in [0.15, 0.2) is 0 Å². The van der Waals surface area contributed by atoms with Crippen molar-refractivity contribution in [3.05, 3.63) is 0 Å².